The zero-order valence-corrected chi connectivity index (χ0v) is 9.96. The van der Waals surface area contributed by atoms with E-state index in [1.807, 2.05) is 0 Å². The molecule has 0 unspecified atom stereocenters. The second-order valence-corrected chi connectivity index (χ2v) is 3.66. The molecule has 17 heavy (non-hydrogen) atoms. The van der Waals surface area contributed by atoms with E-state index >= 15 is 0 Å². The second-order valence-electron chi connectivity index (χ2n) is 2.80. The molecule has 0 saturated carbocycles. The van der Waals surface area contributed by atoms with E-state index in [1.165, 1.54) is 24.4 Å². The van der Waals surface area contributed by atoms with Crippen molar-refractivity contribution < 1.29 is 10.1 Å². The minimum Gasteiger partial charge on any atom is -0.367 e. The van der Waals surface area contributed by atoms with E-state index in [2.05, 4.69) is 26.1 Å². The SMILES string of the molecule is N/C(=N\N=C\c1ccc([N+](=O)[O-])cc1Br)NO. The van der Waals surface area contributed by atoms with E-state index in [1.54, 1.807) is 5.48 Å². The fourth-order valence-corrected chi connectivity index (χ4v) is 1.38. The molecule has 0 aromatic heterocycles. The summed E-state index contributed by atoms with van der Waals surface area (Å²) < 4.78 is 0.501. The Morgan fingerprint density at radius 2 is 2.35 bits per heavy atom. The number of nitro benzene ring substituents is 1. The summed E-state index contributed by atoms with van der Waals surface area (Å²) in [6.07, 6.45) is 1.33. The van der Waals surface area contributed by atoms with Gasteiger partial charge in [-0.25, -0.2) is 5.48 Å². The lowest BCUT2D eigenvalue weighted by molar-refractivity contribution is -0.384. The molecule has 0 bridgehead atoms. The summed E-state index contributed by atoms with van der Waals surface area (Å²) in [4.78, 5) is 9.98. The van der Waals surface area contributed by atoms with Crippen molar-refractivity contribution >= 4 is 33.8 Å². The molecule has 0 amide bonds. The standard InChI is InChI=1S/C8H8BrN5O3/c9-7-3-6(14(16)17)2-1-5(7)4-11-12-8(10)13-15/h1-4,15H,(H3,10,12,13)/b11-4+. The van der Waals surface area contributed by atoms with E-state index < -0.39 is 4.92 Å². The maximum atomic E-state index is 10.5. The Hall–Kier alpha value is -2.00. The van der Waals surface area contributed by atoms with Crippen LogP contribution in [-0.2, 0) is 0 Å². The monoisotopic (exact) mass is 301 g/mol. The van der Waals surface area contributed by atoms with Crippen molar-refractivity contribution in [3.8, 4) is 0 Å². The van der Waals surface area contributed by atoms with Gasteiger partial charge in [0.2, 0.25) is 5.96 Å². The predicted octanol–water partition coefficient (Wildman–Crippen LogP) is 0.985. The molecular weight excluding hydrogens is 294 g/mol. The maximum Gasteiger partial charge on any atom is 0.270 e. The van der Waals surface area contributed by atoms with Crippen LogP contribution in [0.15, 0.2) is 32.9 Å². The fourth-order valence-electron chi connectivity index (χ4n) is 0.910. The zero-order chi connectivity index (χ0) is 12.8. The number of hydrogen-bond acceptors (Lipinski definition) is 5. The van der Waals surface area contributed by atoms with Crippen LogP contribution in [0.2, 0.25) is 0 Å². The van der Waals surface area contributed by atoms with Gasteiger partial charge < -0.3 is 5.73 Å². The summed E-state index contributed by atoms with van der Waals surface area (Å²) in [5, 5.41) is 25.8. The highest BCUT2D eigenvalue weighted by atomic mass is 79.9. The van der Waals surface area contributed by atoms with E-state index in [0.717, 1.165) is 0 Å². The minimum absolute atomic E-state index is 0.0333. The van der Waals surface area contributed by atoms with Crippen molar-refractivity contribution in [2.75, 3.05) is 0 Å². The molecule has 0 saturated heterocycles. The van der Waals surface area contributed by atoms with Gasteiger partial charge in [0.05, 0.1) is 11.1 Å². The number of nitrogens with zero attached hydrogens (tertiary/aromatic N) is 3. The highest BCUT2D eigenvalue weighted by Crippen LogP contribution is 2.21. The Morgan fingerprint density at radius 3 is 2.88 bits per heavy atom. The molecule has 0 aliphatic heterocycles. The van der Waals surface area contributed by atoms with Gasteiger partial charge in [0, 0.05) is 22.2 Å². The first-order valence-electron chi connectivity index (χ1n) is 4.25. The predicted molar refractivity (Wildman–Crippen MR) is 64.9 cm³/mol. The van der Waals surface area contributed by atoms with E-state index in [0.29, 0.717) is 10.0 Å². The molecule has 0 aliphatic rings. The van der Waals surface area contributed by atoms with Crippen molar-refractivity contribution in [3.63, 3.8) is 0 Å². The van der Waals surface area contributed by atoms with Gasteiger partial charge in [-0.3, -0.25) is 15.3 Å². The van der Waals surface area contributed by atoms with Crippen molar-refractivity contribution in [3.05, 3.63) is 38.3 Å². The molecule has 1 aromatic rings. The van der Waals surface area contributed by atoms with E-state index in [-0.39, 0.29) is 11.6 Å². The third-order valence-electron chi connectivity index (χ3n) is 1.67. The topological polar surface area (TPSA) is 126 Å². The Morgan fingerprint density at radius 1 is 1.65 bits per heavy atom. The zero-order valence-electron chi connectivity index (χ0n) is 8.37. The minimum atomic E-state index is -0.502. The first-order chi connectivity index (χ1) is 8.04. The third kappa shape index (κ3) is 3.81. The maximum absolute atomic E-state index is 10.5. The summed E-state index contributed by atoms with van der Waals surface area (Å²) in [5.41, 5.74) is 7.27. The van der Waals surface area contributed by atoms with Crippen LogP contribution < -0.4 is 11.2 Å². The lowest BCUT2D eigenvalue weighted by Gasteiger charge is -1.97. The van der Waals surface area contributed by atoms with Crippen LogP contribution in [0.25, 0.3) is 0 Å². The van der Waals surface area contributed by atoms with Crippen molar-refractivity contribution in [1.29, 1.82) is 0 Å². The van der Waals surface area contributed by atoms with Gasteiger partial charge in [0.25, 0.3) is 5.69 Å². The van der Waals surface area contributed by atoms with Gasteiger partial charge in [-0.1, -0.05) is 0 Å². The van der Waals surface area contributed by atoms with Crippen LogP contribution in [0.5, 0.6) is 0 Å². The fraction of sp³-hybridized carbons (Fsp3) is 0. The Balaban J connectivity index is 2.90. The number of hydrogen-bond donors (Lipinski definition) is 3. The van der Waals surface area contributed by atoms with Crippen LogP contribution in [0.3, 0.4) is 0 Å². The molecule has 8 nitrogen and oxygen atoms in total. The normalized spacial score (nSPS) is 11.8. The van der Waals surface area contributed by atoms with Crippen molar-refractivity contribution in [2.45, 2.75) is 0 Å². The molecule has 1 aromatic carbocycles. The second kappa shape index (κ2) is 5.92. The summed E-state index contributed by atoms with van der Waals surface area (Å²) in [6, 6.07) is 4.19. The average Bonchev–Trinajstić information content (AvgIpc) is 2.30. The molecule has 0 radical (unpaired) electrons. The number of benzene rings is 1. The molecule has 0 heterocycles. The summed E-state index contributed by atoms with van der Waals surface area (Å²) in [6.45, 7) is 0. The molecule has 0 atom stereocenters. The number of rotatable bonds is 3. The molecule has 0 spiro atoms. The number of nitrogens with two attached hydrogens (primary N) is 1. The highest BCUT2D eigenvalue weighted by molar-refractivity contribution is 9.10. The first kappa shape index (κ1) is 13.1. The van der Waals surface area contributed by atoms with Crippen molar-refractivity contribution in [2.24, 2.45) is 15.9 Å². The van der Waals surface area contributed by atoms with Gasteiger partial charge in [-0.05, 0) is 22.0 Å². The Bertz CT molecular complexity index is 488. The van der Waals surface area contributed by atoms with Gasteiger partial charge >= 0.3 is 0 Å². The molecule has 0 aliphatic carbocycles. The number of nitro groups is 1. The third-order valence-corrected chi connectivity index (χ3v) is 2.36. The number of hydroxylamine groups is 1. The lowest BCUT2D eigenvalue weighted by Crippen LogP contribution is -2.27. The van der Waals surface area contributed by atoms with Crippen LogP contribution in [-0.4, -0.2) is 22.3 Å². The lowest BCUT2D eigenvalue weighted by atomic mass is 10.2. The van der Waals surface area contributed by atoms with Crippen molar-refractivity contribution in [1.82, 2.24) is 5.48 Å². The molecule has 9 heteroatoms. The van der Waals surface area contributed by atoms with Crippen LogP contribution in [0, 0.1) is 10.1 Å². The molecule has 4 N–H and O–H groups in total. The molecule has 1 rings (SSSR count). The Kier molecular flexibility index (Phi) is 4.55. The first-order valence-corrected chi connectivity index (χ1v) is 5.04. The Labute approximate surface area is 104 Å². The van der Waals surface area contributed by atoms with Gasteiger partial charge in [-0.15, -0.1) is 5.10 Å². The number of halogens is 1. The van der Waals surface area contributed by atoms with Crippen LogP contribution in [0.4, 0.5) is 5.69 Å². The largest absolute Gasteiger partial charge is 0.367 e. The number of nitrogens with one attached hydrogen (secondary N) is 1. The van der Waals surface area contributed by atoms with Gasteiger partial charge in [-0.2, -0.15) is 5.10 Å². The molecule has 0 fully saturated rings. The van der Waals surface area contributed by atoms with Gasteiger partial charge in [0.15, 0.2) is 0 Å². The smallest absolute Gasteiger partial charge is 0.270 e. The molecule has 90 valence electrons. The number of guanidine groups is 1. The van der Waals surface area contributed by atoms with Crippen LogP contribution in [0.1, 0.15) is 5.56 Å². The quantitative estimate of drug-likeness (QED) is 0.332. The van der Waals surface area contributed by atoms with E-state index in [9.17, 15) is 10.1 Å². The summed E-state index contributed by atoms with van der Waals surface area (Å²) in [5.74, 6) is -0.265. The van der Waals surface area contributed by atoms with Gasteiger partial charge in [0.1, 0.15) is 0 Å². The highest BCUT2D eigenvalue weighted by Gasteiger charge is 2.07. The van der Waals surface area contributed by atoms with Crippen LogP contribution >= 0.6 is 15.9 Å². The van der Waals surface area contributed by atoms with E-state index in [4.69, 9.17) is 10.9 Å². The average molecular weight is 302 g/mol. The number of non-ortho nitro benzene ring substituents is 1. The summed E-state index contributed by atoms with van der Waals surface area (Å²) >= 11 is 3.16. The molecular formula is C8H8BrN5O3. The summed E-state index contributed by atoms with van der Waals surface area (Å²) in [7, 11) is 0.